The molecule has 1 unspecified atom stereocenters. The third kappa shape index (κ3) is 3.09. The fourth-order valence-corrected chi connectivity index (χ4v) is 2.82. The highest BCUT2D eigenvalue weighted by Gasteiger charge is 2.17. The predicted octanol–water partition coefficient (Wildman–Crippen LogP) is 4.62. The molecule has 106 valence electrons. The molecule has 0 aliphatic rings. The van der Waals surface area contributed by atoms with Crippen molar-refractivity contribution in [2.45, 2.75) is 13.0 Å². The number of ether oxygens (including phenoxy) is 1. The lowest BCUT2D eigenvalue weighted by Gasteiger charge is -2.21. The number of benzene rings is 2. The van der Waals surface area contributed by atoms with Crippen LogP contribution < -0.4 is 10.1 Å². The van der Waals surface area contributed by atoms with Crippen LogP contribution in [0.1, 0.15) is 22.7 Å². The zero-order valence-corrected chi connectivity index (χ0v) is 13.2. The molecule has 0 fully saturated rings. The van der Waals surface area contributed by atoms with Gasteiger partial charge in [0.25, 0.3) is 0 Å². The minimum absolute atomic E-state index is 0.0191. The van der Waals surface area contributed by atoms with Crippen molar-refractivity contribution in [2.24, 2.45) is 0 Å². The molecule has 0 saturated carbocycles. The Balaban J connectivity index is 2.47. The summed E-state index contributed by atoms with van der Waals surface area (Å²) in [4.78, 5) is 0. The van der Waals surface area contributed by atoms with Crippen molar-refractivity contribution in [3.63, 3.8) is 0 Å². The van der Waals surface area contributed by atoms with Gasteiger partial charge in [0.15, 0.2) is 0 Å². The number of nitrogens with one attached hydrogen (secondary N) is 1. The van der Waals surface area contributed by atoms with Gasteiger partial charge in [0, 0.05) is 10.0 Å². The van der Waals surface area contributed by atoms with E-state index < -0.39 is 0 Å². The monoisotopic (exact) mass is 309 g/mol. The highest BCUT2D eigenvalue weighted by molar-refractivity contribution is 6.31. The van der Waals surface area contributed by atoms with Crippen LogP contribution in [0.25, 0.3) is 0 Å². The zero-order valence-electron chi connectivity index (χ0n) is 11.7. The van der Waals surface area contributed by atoms with Gasteiger partial charge >= 0.3 is 0 Å². The normalized spacial score (nSPS) is 12.2. The Morgan fingerprint density at radius 2 is 1.75 bits per heavy atom. The van der Waals surface area contributed by atoms with Crippen LogP contribution in [0.4, 0.5) is 0 Å². The molecule has 0 aromatic heterocycles. The van der Waals surface area contributed by atoms with E-state index in [1.807, 2.05) is 50.4 Å². The molecule has 20 heavy (non-hydrogen) atoms. The van der Waals surface area contributed by atoms with Crippen molar-refractivity contribution in [3.05, 3.63) is 63.1 Å². The molecule has 2 rings (SSSR count). The third-order valence-corrected chi connectivity index (χ3v) is 3.91. The summed E-state index contributed by atoms with van der Waals surface area (Å²) in [5.74, 6) is 0.751. The van der Waals surface area contributed by atoms with E-state index in [-0.39, 0.29) is 6.04 Å². The van der Waals surface area contributed by atoms with E-state index in [0.29, 0.717) is 5.02 Å². The molecule has 0 amide bonds. The molecule has 0 saturated heterocycles. The lowest BCUT2D eigenvalue weighted by Crippen LogP contribution is -2.19. The minimum atomic E-state index is 0.0191. The van der Waals surface area contributed by atoms with Gasteiger partial charge in [-0.1, -0.05) is 35.3 Å². The van der Waals surface area contributed by atoms with Crippen LogP contribution >= 0.6 is 23.2 Å². The van der Waals surface area contributed by atoms with E-state index in [2.05, 4.69) is 5.32 Å². The first kappa shape index (κ1) is 15.2. The summed E-state index contributed by atoms with van der Waals surface area (Å²) in [6.07, 6.45) is 0. The summed E-state index contributed by atoms with van der Waals surface area (Å²) in [6, 6.07) is 11.6. The van der Waals surface area contributed by atoms with Crippen molar-refractivity contribution >= 4 is 23.2 Å². The SMILES string of the molecule is CNC(c1ccc(Cl)cc1C)c1ccc(OC)cc1Cl. The third-order valence-electron chi connectivity index (χ3n) is 3.35. The zero-order chi connectivity index (χ0) is 14.7. The summed E-state index contributed by atoms with van der Waals surface area (Å²) in [7, 11) is 3.55. The largest absolute Gasteiger partial charge is 0.497 e. The molecule has 1 atom stereocenters. The standard InChI is InChI=1S/C16H17Cl2NO/c1-10-8-11(17)4-6-13(10)16(19-2)14-7-5-12(20-3)9-15(14)18/h4-9,16,19H,1-3H3. The van der Waals surface area contributed by atoms with Gasteiger partial charge in [0.1, 0.15) is 5.75 Å². The van der Waals surface area contributed by atoms with Crippen molar-refractivity contribution in [3.8, 4) is 5.75 Å². The Kier molecular flexibility index (Phi) is 4.92. The summed E-state index contributed by atoms with van der Waals surface area (Å²) >= 11 is 12.4. The Hall–Kier alpha value is -1.22. The van der Waals surface area contributed by atoms with Crippen molar-refractivity contribution in [1.29, 1.82) is 0 Å². The van der Waals surface area contributed by atoms with Crippen molar-refractivity contribution < 1.29 is 4.74 Å². The van der Waals surface area contributed by atoms with E-state index in [9.17, 15) is 0 Å². The van der Waals surface area contributed by atoms with E-state index in [0.717, 1.165) is 27.5 Å². The summed E-state index contributed by atoms with van der Waals surface area (Å²) in [5.41, 5.74) is 3.30. The first-order valence-electron chi connectivity index (χ1n) is 6.33. The lowest BCUT2D eigenvalue weighted by molar-refractivity contribution is 0.414. The summed E-state index contributed by atoms with van der Waals surface area (Å²) < 4.78 is 5.19. The topological polar surface area (TPSA) is 21.3 Å². The molecule has 4 heteroatoms. The number of hydrogen-bond donors (Lipinski definition) is 1. The number of aryl methyl sites for hydroxylation is 1. The lowest BCUT2D eigenvalue weighted by atomic mass is 9.95. The van der Waals surface area contributed by atoms with Crippen LogP contribution in [0.2, 0.25) is 10.0 Å². The number of hydrogen-bond acceptors (Lipinski definition) is 2. The molecule has 0 radical (unpaired) electrons. The van der Waals surface area contributed by atoms with E-state index in [1.54, 1.807) is 7.11 Å². The Labute approximate surface area is 129 Å². The van der Waals surface area contributed by atoms with Crippen LogP contribution in [0.15, 0.2) is 36.4 Å². The number of rotatable bonds is 4. The van der Waals surface area contributed by atoms with Gasteiger partial charge in [0.2, 0.25) is 0 Å². The summed E-state index contributed by atoms with van der Waals surface area (Å²) in [5, 5.41) is 4.72. The van der Waals surface area contributed by atoms with Crippen molar-refractivity contribution in [1.82, 2.24) is 5.32 Å². The van der Waals surface area contributed by atoms with Crippen LogP contribution in [0.5, 0.6) is 5.75 Å². The number of methoxy groups -OCH3 is 1. The molecule has 0 heterocycles. The minimum Gasteiger partial charge on any atom is -0.497 e. The molecule has 2 aromatic carbocycles. The second kappa shape index (κ2) is 6.49. The molecule has 0 spiro atoms. The maximum Gasteiger partial charge on any atom is 0.120 e. The molecular weight excluding hydrogens is 293 g/mol. The Bertz CT molecular complexity index is 613. The van der Waals surface area contributed by atoms with Crippen LogP contribution in [-0.2, 0) is 0 Å². The smallest absolute Gasteiger partial charge is 0.120 e. The maximum absolute atomic E-state index is 6.37. The first-order valence-corrected chi connectivity index (χ1v) is 7.09. The van der Waals surface area contributed by atoms with Gasteiger partial charge in [-0.3, -0.25) is 0 Å². The van der Waals surface area contributed by atoms with Gasteiger partial charge in [-0.25, -0.2) is 0 Å². The highest BCUT2D eigenvalue weighted by Crippen LogP contribution is 2.33. The molecular formula is C16H17Cl2NO. The Morgan fingerprint density at radius 1 is 1.05 bits per heavy atom. The quantitative estimate of drug-likeness (QED) is 0.890. The number of halogens is 2. The fourth-order valence-electron chi connectivity index (χ4n) is 2.31. The van der Waals surface area contributed by atoms with Gasteiger partial charge in [-0.15, -0.1) is 0 Å². The second-order valence-corrected chi connectivity index (χ2v) is 5.45. The molecule has 0 bridgehead atoms. The van der Waals surface area contributed by atoms with E-state index in [4.69, 9.17) is 27.9 Å². The fraction of sp³-hybridized carbons (Fsp3) is 0.250. The van der Waals surface area contributed by atoms with Crippen LogP contribution in [-0.4, -0.2) is 14.2 Å². The first-order chi connectivity index (χ1) is 9.56. The predicted molar refractivity (Wildman–Crippen MR) is 85.1 cm³/mol. The average Bonchev–Trinajstić information content (AvgIpc) is 2.43. The maximum atomic E-state index is 6.37. The van der Waals surface area contributed by atoms with Gasteiger partial charge < -0.3 is 10.1 Å². The van der Waals surface area contributed by atoms with E-state index in [1.165, 1.54) is 0 Å². The summed E-state index contributed by atoms with van der Waals surface area (Å²) in [6.45, 7) is 2.04. The second-order valence-electron chi connectivity index (χ2n) is 4.61. The highest BCUT2D eigenvalue weighted by atomic mass is 35.5. The van der Waals surface area contributed by atoms with Gasteiger partial charge in [0.05, 0.1) is 13.2 Å². The van der Waals surface area contributed by atoms with Crippen LogP contribution in [0.3, 0.4) is 0 Å². The molecule has 2 nitrogen and oxygen atoms in total. The van der Waals surface area contributed by atoms with Crippen LogP contribution in [0, 0.1) is 6.92 Å². The Morgan fingerprint density at radius 3 is 2.30 bits per heavy atom. The van der Waals surface area contributed by atoms with Crippen molar-refractivity contribution in [2.75, 3.05) is 14.2 Å². The van der Waals surface area contributed by atoms with Gasteiger partial charge in [-0.2, -0.15) is 0 Å². The molecule has 2 aromatic rings. The van der Waals surface area contributed by atoms with Gasteiger partial charge in [-0.05, 0) is 54.9 Å². The molecule has 1 N–H and O–H groups in total. The average molecular weight is 310 g/mol. The molecule has 0 aliphatic carbocycles. The molecule has 0 aliphatic heterocycles. The van der Waals surface area contributed by atoms with E-state index >= 15 is 0 Å².